The largest absolute Gasteiger partial charge is 0.337 e. The monoisotopic (exact) mass is 297 g/mol. The number of nitrogens with one attached hydrogen (secondary N) is 1. The fraction of sp³-hybridized carbons (Fsp3) is 0.0625. The topological polar surface area (TPSA) is 54.7 Å². The first-order valence-corrected chi connectivity index (χ1v) is 7.43. The molecule has 0 unspecified atom stereocenters. The number of hydrogen-bond acceptors (Lipinski definition) is 3. The van der Waals surface area contributed by atoms with Crippen LogP contribution in [0, 0.1) is 5.82 Å². The third kappa shape index (κ3) is 2.11. The van der Waals surface area contributed by atoms with Gasteiger partial charge in [-0.1, -0.05) is 12.1 Å². The highest BCUT2D eigenvalue weighted by Crippen LogP contribution is 2.33. The van der Waals surface area contributed by atoms with E-state index in [0.29, 0.717) is 6.54 Å². The average molecular weight is 297 g/mol. The van der Waals surface area contributed by atoms with Crippen molar-refractivity contribution in [3.63, 3.8) is 0 Å². The van der Waals surface area contributed by atoms with Crippen molar-refractivity contribution < 1.29 is 4.39 Å². The molecule has 0 fully saturated rings. The molecule has 0 spiro atoms. The number of aromatic amines is 1. The van der Waals surface area contributed by atoms with E-state index in [0.717, 1.165) is 37.4 Å². The Bertz CT molecular complexity index is 955. The Balaban J connectivity index is 1.87. The summed E-state index contributed by atoms with van der Waals surface area (Å²) in [6, 6.07) is 12.8. The van der Waals surface area contributed by atoms with Crippen LogP contribution in [0.15, 0.2) is 42.5 Å². The molecule has 0 radical (unpaired) electrons. The zero-order valence-electron chi connectivity index (χ0n) is 11.1. The molecular weight excluding hydrogens is 285 g/mol. The maximum atomic E-state index is 13.3. The summed E-state index contributed by atoms with van der Waals surface area (Å²) in [6.45, 7) is 0.506. The molecule has 0 saturated carbocycles. The molecule has 0 saturated heterocycles. The first-order valence-electron chi connectivity index (χ1n) is 6.61. The van der Waals surface area contributed by atoms with Gasteiger partial charge in [-0.3, -0.25) is 0 Å². The van der Waals surface area contributed by atoms with Crippen LogP contribution in [0.5, 0.6) is 0 Å². The summed E-state index contributed by atoms with van der Waals surface area (Å²) in [6.07, 6.45) is 0. The van der Waals surface area contributed by atoms with E-state index in [1.54, 1.807) is 12.1 Å². The van der Waals surface area contributed by atoms with Crippen LogP contribution in [-0.4, -0.2) is 9.97 Å². The summed E-state index contributed by atoms with van der Waals surface area (Å²) in [5, 5.41) is 1.03. The van der Waals surface area contributed by atoms with Gasteiger partial charge >= 0.3 is 0 Å². The van der Waals surface area contributed by atoms with Gasteiger partial charge in [0.25, 0.3) is 0 Å². The van der Waals surface area contributed by atoms with Gasteiger partial charge in [0, 0.05) is 11.2 Å². The van der Waals surface area contributed by atoms with E-state index in [1.165, 1.54) is 17.4 Å². The van der Waals surface area contributed by atoms with Crippen LogP contribution in [0.25, 0.3) is 31.8 Å². The third-order valence-electron chi connectivity index (χ3n) is 3.50. The Morgan fingerprint density at radius 2 is 2.05 bits per heavy atom. The van der Waals surface area contributed by atoms with Crippen LogP contribution in [-0.2, 0) is 6.54 Å². The van der Waals surface area contributed by atoms with Crippen LogP contribution >= 0.6 is 11.3 Å². The predicted octanol–water partition coefficient (Wildman–Crippen LogP) is 4.04. The number of nitrogens with zero attached hydrogens (tertiary/aromatic N) is 1. The van der Waals surface area contributed by atoms with Gasteiger partial charge in [0.15, 0.2) is 0 Å². The first kappa shape index (κ1) is 12.5. The third-order valence-corrected chi connectivity index (χ3v) is 4.60. The molecule has 0 aliphatic heterocycles. The van der Waals surface area contributed by atoms with E-state index in [1.807, 2.05) is 24.3 Å². The summed E-state index contributed by atoms with van der Waals surface area (Å²) >= 11 is 1.53. The fourth-order valence-corrected chi connectivity index (χ4v) is 3.45. The van der Waals surface area contributed by atoms with Crippen molar-refractivity contribution in [2.24, 2.45) is 5.73 Å². The molecule has 3 nitrogen and oxygen atoms in total. The number of aromatic nitrogens is 2. The van der Waals surface area contributed by atoms with Crippen LogP contribution < -0.4 is 5.73 Å². The number of thiophene rings is 1. The molecular formula is C16H12FN3S. The molecule has 4 rings (SSSR count). The molecule has 3 N–H and O–H groups in total. The van der Waals surface area contributed by atoms with Crippen LogP contribution in [0.4, 0.5) is 4.39 Å². The molecule has 0 aliphatic carbocycles. The Hall–Kier alpha value is -2.24. The Kier molecular flexibility index (Phi) is 2.77. The molecule has 2 heterocycles. The maximum Gasteiger partial charge on any atom is 0.148 e. The highest BCUT2D eigenvalue weighted by atomic mass is 32.1. The van der Waals surface area contributed by atoms with Crippen molar-refractivity contribution in [1.82, 2.24) is 9.97 Å². The lowest BCUT2D eigenvalue weighted by molar-refractivity contribution is 0.630. The lowest BCUT2D eigenvalue weighted by Gasteiger charge is -1.94. The van der Waals surface area contributed by atoms with Crippen LogP contribution in [0.3, 0.4) is 0 Å². The summed E-state index contributed by atoms with van der Waals surface area (Å²) in [4.78, 5) is 8.91. The summed E-state index contributed by atoms with van der Waals surface area (Å²) < 4.78 is 14.2. The summed E-state index contributed by atoms with van der Waals surface area (Å²) in [7, 11) is 0. The zero-order chi connectivity index (χ0) is 14.4. The van der Waals surface area contributed by atoms with Crippen molar-refractivity contribution in [3.8, 4) is 10.7 Å². The van der Waals surface area contributed by atoms with Crippen molar-refractivity contribution in [3.05, 3.63) is 53.8 Å². The predicted molar refractivity (Wildman–Crippen MR) is 84.8 cm³/mol. The summed E-state index contributed by atoms with van der Waals surface area (Å²) in [5.74, 6) is 0.592. The lowest BCUT2D eigenvalue weighted by atomic mass is 10.2. The average Bonchev–Trinajstić information content (AvgIpc) is 3.08. The van der Waals surface area contributed by atoms with Crippen molar-refractivity contribution >= 4 is 32.5 Å². The Labute approximate surface area is 124 Å². The maximum absolute atomic E-state index is 13.3. The van der Waals surface area contributed by atoms with E-state index < -0.39 is 0 Å². The Morgan fingerprint density at radius 3 is 2.90 bits per heavy atom. The molecule has 2 aromatic carbocycles. The van der Waals surface area contributed by atoms with E-state index in [9.17, 15) is 4.39 Å². The highest BCUT2D eigenvalue weighted by molar-refractivity contribution is 7.22. The van der Waals surface area contributed by atoms with Crippen molar-refractivity contribution in [1.29, 1.82) is 0 Å². The van der Waals surface area contributed by atoms with Gasteiger partial charge in [0.1, 0.15) is 11.6 Å². The van der Waals surface area contributed by atoms with E-state index in [4.69, 9.17) is 5.73 Å². The highest BCUT2D eigenvalue weighted by Gasteiger charge is 2.10. The molecule has 0 aliphatic rings. The van der Waals surface area contributed by atoms with Crippen molar-refractivity contribution in [2.45, 2.75) is 6.54 Å². The summed E-state index contributed by atoms with van der Waals surface area (Å²) in [5.41, 5.74) is 8.60. The van der Waals surface area contributed by atoms with E-state index in [2.05, 4.69) is 9.97 Å². The van der Waals surface area contributed by atoms with Gasteiger partial charge in [0.05, 0.1) is 15.9 Å². The molecule has 4 aromatic rings. The molecule has 5 heteroatoms. The number of halogens is 1. The molecule has 0 amide bonds. The second-order valence-electron chi connectivity index (χ2n) is 4.93. The lowest BCUT2D eigenvalue weighted by Crippen LogP contribution is -1.95. The van der Waals surface area contributed by atoms with Gasteiger partial charge in [-0.05, 0) is 41.3 Å². The second kappa shape index (κ2) is 4.65. The number of imidazole rings is 1. The molecule has 0 bridgehead atoms. The van der Waals surface area contributed by atoms with E-state index in [-0.39, 0.29) is 5.82 Å². The van der Waals surface area contributed by atoms with Crippen molar-refractivity contribution in [2.75, 3.05) is 0 Å². The van der Waals surface area contributed by atoms with Gasteiger partial charge in [-0.2, -0.15) is 0 Å². The number of rotatable bonds is 2. The number of nitrogens with two attached hydrogens (primary N) is 1. The molecule has 104 valence electrons. The number of hydrogen-bond donors (Lipinski definition) is 2. The number of benzene rings is 2. The zero-order valence-corrected chi connectivity index (χ0v) is 11.9. The van der Waals surface area contributed by atoms with Gasteiger partial charge in [-0.15, -0.1) is 11.3 Å². The van der Waals surface area contributed by atoms with Gasteiger partial charge < -0.3 is 10.7 Å². The van der Waals surface area contributed by atoms with Crippen LogP contribution in [0.2, 0.25) is 0 Å². The normalized spacial score (nSPS) is 11.5. The second-order valence-corrected chi connectivity index (χ2v) is 6.02. The molecule has 0 atom stereocenters. The quantitative estimate of drug-likeness (QED) is 0.586. The van der Waals surface area contributed by atoms with E-state index >= 15 is 0 Å². The standard InChI is InChI=1S/C16H12FN3S/c17-11-3-2-10-6-15(21-14(10)7-11)16-19-12-4-1-9(8-18)5-13(12)20-16/h1-7H,8,18H2,(H,19,20). The minimum atomic E-state index is -0.215. The van der Waals surface area contributed by atoms with Crippen LogP contribution in [0.1, 0.15) is 5.56 Å². The van der Waals surface area contributed by atoms with Gasteiger partial charge in [-0.25, -0.2) is 9.37 Å². The first-order chi connectivity index (χ1) is 10.2. The number of fused-ring (bicyclic) bond motifs is 2. The SMILES string of the molecule is NCc1ccc2nc(-c3cc4ccc(F)cc4s3)[nH]c2c1. The molecule has 2 aromatic heterocycles. The van der Waals surface area contributed by atoms with Gasteiger partial charge in [0.2, 0.25) is 0 Å². The Morgan fingerprint density at radius 1 is 1.14 bits per heavy atom. The number of H-pyrrole nitrogens is 1. The minimum absolute atomic E-state index is 0.215. The smallest absolute Gasteiger partial charge is 0.148 e. The molecule has 21 heavy (non-hydrogen) atoms. The minimum Gasteiger partial charge on any atom is -0.337 e. The fourth-order valence-electron chi connectivity index (χ4n) is 2.42.